The predicted octanol–water partition coefficient (Wildman–Crippen LogP) is 4.21. The molecule has 0 aromatic heterocycles. The van der Waals surface area contributed by atoms with Gasteiger partial charge in [-0.2, -0.15) is 0 Å². The summed E-state index contributed by atoms with van der Waals surface area (Å²) in [6, 6.07) is 0. The fourth-order valence-corrected chi connectivity index (χ4v) is 1.07. The molecular weight excluding hydrogens is 184 g/mol. The highest BCUT2D eigenvalue weighted by molar-refractivity contribution is 5.87. The van der Waals surface area contributed by atoms with Crippen molar-refractivity contribution in [1.29, 1.82) is 0 Å². The number of hydrogen-bond donors (Lipinski definition) is 0. The summed E-state index contributed by atoms with van der Waals surface area (Å²) in [5.41, 5.74) is 4.17. The molecule has 0 heterocycles. The minimum atomic E-state index is 0.0968. The lowest BCUT2D eigenvalue weighted by atomic mass is 10.0. The van der Waals surface area contributed by atoms with E-state index in [-0.39, 0.29) is 5.78 Å². The topological polar surface area (TPSA) is 17.1 Å². The molecule has 0 fully saturated rings. The van der Waals surface area contributed by atoms with Crippen LogP contribution in [0.1, 0.15) is 47.5 Å². The molecule has 0 aliphatic heterocycles. The Morgan fingerprint density at radius 3 is 2.07 bits per heavy atom. The van der Waals surface area contributed by atoms with Crippen LogP contribution < -0.4 is 0 Å². The first kappa shape index (κ1) is 13.9. The molecule has 0 saturated carbocycles. The van der Waals surface area contributed by atoms with Crippen molar-refractivity contribution in [1.82, 2.24) is 0 Å². The second-order valence-electron chi connectivity index (χ2n) is 4.26. The average molecular weight is 206 g/mol. The van der Waals surface area contributed by atoms with Crippen LogP contribution in [0.25, 0.3) is 0 Å². The van der Waals surface area contributed by atoms with Gasteiger partial charge in [0.2, 0.25) is 0 Å². The lowest BCUT2D eigenvalue weighted by Gasteiger charge is -2.03. The lowest BCUT2D eigenvalue weighted by Crippen LogP contribution is -1.84. The third kappa shape index (κ3) is 7.92. The van der Waals surface area contributed by atoms with Gasteiger partial charge < -0.3 is 0 Å². The molecule has 1 nitrogen and oxygen atoms in total. The largest absolute Gasteiger partial charge is 0.295 e. The second kappa shape index (κ2) is 7.22. The van der Waals surface area contributed by atoms with Crippen molar-refractivity contribution in [2.24, 2.45) is 0 Å². The molecule has 0 aliphatic carbocycles. The van der Waals surface area contributed by atoms with Crippen LogP contribution in [0.5, 0.6) is 0 Å². The Hall–Kier alpha value is -1.11. The minimum Gasteiger partial charge on any atom is -0.295 e. The SMILES string of the molecule is CC(=O)/C=C/C=C(/C)CCC(C)=C(C)C. The Bertz CT molecular complexity index is 299. The van der Waals surface area contributed by atoms with Gasteiger partial charge in [0.15, 0.2) is 5.78 Å². The second-order valence-corrected chi connectivity index (χ2v) is 4.26. The molecule has 0 aromatic rings. The van der Waals surface area contributed by atoms with Gasteiger partial charge in [0.05, 0.1) is 0 Å². The van der Waals surface area contributed by atoms with Gasteiger partial charge in [-0.15, -0.1) is 0 Å². The highest BCUT2D eigenvalue weighted by atomic mass is 16.1. The van der Waals surface area contributed by atoms with E-state index in [1.54, 1.807) is 13.0 Å². The highest BCUT2D eigenvalue weighted by Gasteiger charge is 1.94. The van der Waals surface area contributed by atoms with Crippen LogP contribution in [-0.4, -0.2) is 5.78 Å². The van der Waals surface area contributed by atoms with E-state index in [2.05, 4.69) is 27.7 Å². The zero-order valence-electron chi connectivity index (χ0n) is 10.6. The number of carbonyl (C=O) groups is 1. The minimum absolute atomic E-state index is 0.0968. The van der Waals surface area contributed by atoms with E-state index < -0.39 is 0 Å². The maximum absolute atomic E-state index is 10.7. The van der Waals surface area contributed by atoms with Gasteiger partial charge in [0.25, 0.3) is 0 Å². The van der Waals surface area contributed by atoms with E-state index >= 15 is 0 Å². The summed E-state index contributed by atoms with van der Waals surface area (Å²) in [6.07, 6.45) is 7.62. The van der Waals surface area contributed by atoms with Gasteiger partial charge in [-0.1, -0.05) is 28.9 Å². The van der Waals surface area contributed by atoms with E-state index in [1.165, 1.54) is 16.7 Å². The van der Waals surface area contributed by atoms with Crippen LogP contribution in [0, 0.1) is 0 Å². The number of ketones is 1. The molecule has 0 amide bonds. The Morgan fingerprint density at radius 1 is 1.00 bits per heavy atom. The van der Waals surface area contributed by atoms with Gasteiger partial charge in [-0.25, -0.2) is 0 Å². The first-order valence-electron chi connectivity index (χ1n) is 5.41. The van der Waals surface area contributed by atoms with Crippen molar-refractivity contribution in [3.05, 3.63) is 34.9 Å². The summed E-state index contributed by atoms with van der Waals surface area (Å²) >= 11 is 0. The smallest absolute Gasteiger partial charge is 0.152 e. The van der Waals surface area contributed by atoms with Crippen molar-refractivity contribution in [2.75, 3.05) is 0 Å². The Labute approximate surface area is 93.6 Å². The molecule has 0 saturated heterocycles. The van der Waals surface area contributed by atoms with Gasteiger partial charge in [-0.05, 0) is 53.5 Å². The van der Waals surface area contributed by atoms with Crippen molar-refractivity contribution in [2.45, 2.75) is 47.5 Å². The van der Waals surface area contributed by atoms with Crippen molar-refractivity contribution in [3.8, 4) is 0 Å². The van der Waals surface area contributed by atoms with Gasteiger partial charge in [0.1, 0.15) is 0 Å². The third-order valence-electron chi connectivity index (χ3n) is 2.46. The van der Waals surface area contributed by atoms with Gasteiger partial charge in [-0.3, -0.25) is 4.79 Å². The maximum Gasteiger partial charge on any atom is 0.152 e. The number of allylic oxidation sites excluding steroid dienone is 6. The summed E-state index contributed by atoms with van der Waals surface area (Å²) < 4.78 is 0. The molecule has 0 atom stereocenters. The van der Waals surface area contributed by atoms with Crippen LogP contribution >= 0.6 is 0 Å². The fraction of sp³-hybridized carbons (Fsp3) is 0.500. The van der Waals surface area contributed by atoms with E-state index in [0.29, 0.717) is 0 Å². The molecule has 0 N–H and O–H groups in total. The average Bonchev–Trinajstić information content (AvgIpc) is 2.13. The Kier molecular flexibility index (Phi) is 6.68. The lowest BCUT2D eigenvalue weighted by molar-refractivity contribution is -0.112. The molecule has 0 aliphatic rings. The fourth-order valence-electron chi connectivity index (χ4n) is 1.07. The van der Waals surface area contributed by atoms with E-state index in [4.69, 9.17) is 0 Å². The van der Waals surface area contributed by atoms with E-state index in [1.807, 2.05) is 12.2 Å². The summed E-state index contributed by atoms with van der Waals surface area (Å²) in [5.74, 6) is 0.0968. The summed E-state index contributed by atoms with van der Waals surface area (Å²) in [7, 11) is 0. The zero-order valence-corrected chi connectivity index (χ0v) is 10.6. The molecular formula is C14H22O. The zero-order chi connectivity index (χ0) is 11.8. The predicted molar refractivity (Wildman–Crippen MR) is 66.9 cm³/mol. The quantitative estimate of drug-likeness (QED) is 0.374. The molecule has 84 valence electrons. The van der Waals surface area contributed by atoms with Crippen molar-refractivity contribution < 1.29 is 4.79 Å². The molecule has 1 heteroatoms. The highest BCUT2D eigenvalue weighted by Crippen LogP contribution is 2.13. The first-order valence-corrected chi connectivity index (χ1v) is 5.41. The number of carbonyl (C=O) groups excluding carboxylic acids is 1. The van der Waals surface area contributed by atoms with Crippen LogP contribution in [0.3, 0.4) is 0 Å². The normalized spacial score (nSPS) is 11.9. The van der Waals surface area contributed by atoms with Crippen molar-refractivity contribution >= 4 is 5.78 Å². The van der Waals surface area contributed by atoms with Gasteiger partial charge in [0, 0.05) is 0 Å². The standard InChI is InChI=1S/C14H22O/c1-11(2)13(4)10-9-12(3)7-6-8-14(5)15/h6-8H,9-10H2,1-5H3/b8-6+,12-7-. The molecule has 0 spiro atoms. The monoisotopic (exact) mass is 206 g/mol. The van der Waals surface area contributed by atoms with Crippen LogP contribution in [0.15, 0.2) is 34.9 Å². The van der Waals surface area contributed by atoms with Gasteiger partial charge >= 0.3 is 0 Å². The molecule has 0 rings (SSSR count). The van der Waals surface area contributed by atoms with Crippen LogP contribution in [0.2, 0.25) is 0 Å². The Balaban J connectivity index is 4.10. The molecule has 15 heavy (non-hydrogen) atoms. The number of rotatable bonds is 5. The summed E-state index contributed by atoms with van der Waals surface area (Å²) in [6.45, 7) is 10.1. The van der Waals surface area contributed by atoms with E-state index in [0.717, 1.165) is 12.8 Å². The molecule has 0 unspecified atom stereocenters. The first-order chi connectivity index (χ1) is 6.93. The Morgan fingerprint density at radius 2 is 1.60 bits per heavy atom. The number of hydrogen-bond acceptors (Lipinski definition) is 1. The van der Waals surface area contributed by atoms with Crippen LogP contribution in [-0.2, 0) is 4.79 Å². The third-order valence-corrected chi connectivity index (χ3v) is 2.46. The van der Waals surface area contributed by atoms with Crippen LogP contribution in [0.4, 0.5) is 0 Å². The molecule has 0 radical (unpaired) electrons. The summed E-state index contributed by atoms with van der Waals surface area (Å²) in [4.78, 5) is 10.7. The van der Waals surface area contributed by atoms with E-state index in [9.17, 15) is 4.79 Å². The maximum atomic E-state index is 10.7. The molecule has 0 bridgehead atoms. The van der Waals surface area contributed by atoms with Crippen molar-refractivity contribution in [3.63, 3.8) is 0 Å². The summed E-state index contributed by atoms with van der Waals surface area (Å²) in [5, 5.41) is 0. The molecule has 0 aromatic carbocycles.